The van der Waals surface area contributed by atoms with Gasteiger partial charge in [0.05, 0.1) is 25.8 Å². The Morgan fingerprint density at radius 3 is 2.48 bits per heavy atom. The Morgan fingerprint density at radius 2 is 1.79 bits per heavy atom. The summed E-state index contributed by atoms with van der Waals surface area (Å²) in [4.78, 5) is 24.7. The van der Waals surface area contributed by atoms with Gasteiger partial charge in [-0.15, -0.1) is 0 Å². The van der Waals surface area contributed by atoms with Gasteiger partial charge in [-0.3, -0.25) is 13.9 Å². The van der Waals surface area contributed by atoms with Gasteiger partial charge < -0.3 is 9.88 Å². The average molecular weight is 502 g/mol. The second kappa shape index (κ2) is 9.01. The minimum absolute atomic E-state index is 0.0521. The number of nitrogens with zero attached hydrogens (tertiary/aromatic N) is 2. The number of rotatable bonds is 6. The quantitative estimate of drug-likeness (QED) is 0.424. The second-order valence-corrected chi connectivity index (χ2v) is 10.7. The van der Waals surface area contributed by atoms with Crippen molar-refractivity contribution in [2.45, 2.75) is 11.8 Å². The van der Waals surface area contributed by atoms with Gasteiger partial charge >= 0.3 is 4.87 Å². The number of nitrogens with one attached hydrogen (secondary N) is 1. The molecule has 0 fully saturated rings. The highest BCUT2D eigenvalue weighted by molar-refractivity contribution is 7.92. The van der Waals surface area contributed by atoms with Crippen molar-refractivity contribution < 1.29 is 13.2 Å². The summed E-state index contributed by atoms with van der Waals surface area (Å²) in [7, 11) is -2.39. The molecular weight excluding hydrogens is 482 g/mol. The number of hydrogen-bond donors (Lipinski definition) is 1. The van der Waals surface area contributed by atoms with Crippen LogP contribution in [0.3, 0.4) is 0 Å². The number of thiazole rings is 1. The van der Waals surface area contributed by atoms with Gasteiger partial charge in [-0.25, -0.2) is 8.42 Å². The number of halogens is 1. The van der Waals surface area contributed by atoms with Gasteiger partial charge in [0, 0.05) is 12.7 Å². The smallest absolute Gasteiger partial charge is 0.307 e. The third-order valence-electron chi connectivity index (χ3n) is 5.09. The molecule has 0 aliphatic heterocycles. The largest absolute Gasteiger partial charge is 0.324 e. The Morgan fingerprint density at radius 1 is 1.09 bits per heavy atom. The normalized spacial score (nSPS) is 11.5. The van der Waals surface area contributed by atoms with Crippen LogP contribution in [0.4, 0.5) is 11.4 Å². The molecule has 0 saturated carbocycles. The molecule has 0 radical (unpaired) electrons. The topological polar surface area (TPSA) is 88.5 Å². The van der Waals surface area contributed by atoms with Crippen molar-refractivity contribution >= 4 is 60.5 Å². The zero-order valence-electron chi connectivity index (χ0n) is 17.8. The molecule has 4 rings (SSSR count). The number of aryl methyl sites for hydroxylation is 2. The van der Waals surface area contributed by atoms with E-state index < -0.39 is 22.5 Å². The average Bonchev–Trinajstić information content (AvgIpc) is 3.06. The zero-order chi connectivity index (χ0) is 23.8. The summed E-state index contributed by atoms with van der Waals surface area (Å²) in [5.41, 5.74) is 2.32. The summed E-state index contributed by atoms with van der Waals surface area (Å²) in [5, 5.41) is 2.93. The number of hydrogen-bond acceptors (Lipinski definition) is 5. The predicted octanol–water partition coefficient (Wildman–Crippen LogP) is 4.40. The first-order valence-electron chi connectivity index (χ1n) is 9.90. The van der Waals surface area contributed by atoms with Gasteiger partial charge in [0.15, 0.2) is 0 Å². The van der Waals surface area contributed by atoms with Crippen LogP contribution in [0.1, 0.15) is 5.56 Å². The van der Waals surface area contributed by atoms with Crippen LogP contribution in [0.15, 0.2) is 76.4 Å². The maximum atomic E-state index is 13.5. The van der Waals surface area contributed by atoms with Crippen LogP contribution in [-0.4, -0.2) is 25.4 Å². The highest BCUT2D eigenvalue weighted by Crippen LogP contribution is 2.30. The highest BCUT2D eigenvalue weighted by Gasteiger charge is 2.28. The van der Waals surface area contributed by atoms with Crippen molar-refractivity contribution in [3.05, 3.63) is 87.0 Å². The molecule has 0 atom stereocenters. The van der Waals surface area contributed by atoms with E-state index in [1.54, 1.807) is 61.6 Å². The lowest BCUT2D eigenvalue weighted by atomic mass is 10.2. The first-order chi connectivity index (χ1) is 15.7. The van der Waals surface area contributed by atoms with Crippen LogP contribution in [0.2, 0.25) is 5.02 Å². The summed E-state index contributed by atoms with van der Waals surface area (Å²) < 4.78 is 30.1. The molecule has 1 N–H and O–H groups in total. The predicted molar refractivity (Wildman–Crippen MR) is 133 cm³/mol. The van der Waals surface area contributed by atoms with Gasteiger partial charge in [0.2, 0.25) is 5.91 Å². The Hall–Kier alpha value is -3.14. The summed E-state index contributed by atoms with van der Waals surface area (Å²) in [6.07, 6.45) is 0. The fourth-order valence-electron chi connectivity index (χ4n) is 3.33. The lowest BCUT2D eigenvalue weighted by Gasteiger charge is -2.25. The van der Waals surface area contributed by atoms with E-state index in [4.69, 9.17) is 11.6 Å². The van der Waals surface area contributed by atoms with Crippen molar-refractivity contribution in [3.63, 3.8) is 0 Å². The van der Waals surface area contributed by atoms with Gasteiger partial charge in [-0.2, -0.15) is 0 Å². The molecule has 0 aliphatic rings. The van der Waals surface area contributed by atoms with E-state index >= 15 is 0 Å². The molecule has 33 heavy (non-hydrogen) atoms. The molecule has 7 nitrogen and oxygen atoms in total. The molecule has 1 amide bonds. The Bertz CT molecular complexity index is 1510. The summed E-state index contributed by atoms with van der Waals surface area (Å²) in [6, 6.07) is 17.9. The fourth-order valence-corrected chi connectivity index (χ4v) is 5.98. The fraction of sp³-hybridized carbons (Fsp3) is 0.130. The van der Waals surface area contributed by atoms with Crippen LogP contribution in [-0.2, 0) is 21.9 Å². The number of amides is 1. The Labute approximate surface area is 199 Å². The number of sulfonamides is 1. The SMILES string of the molecule is Cc1ccc(S(=O)(=O)N(CC(=O)Nc2ccc3c(c2)sc(=O)n3C)c2ccccc2Cl)cc1. The number of benzene rings is 3. The van der Waals surface area contributed by atoms with E-state index in [1.165, 1.54) is 16.7 Å². The summed E-state index contributed by atoms with van der Waals surface area (Å²) in [6.45, 7) is 1.37. The van der Waals surface area contributed by atoms with E-state index in [0.29, 0.717) is 5.69 Å². The van der Waals surface area contributed by atoms with E-state index in [9.17, 15) is 18.0 Å². The van der Waals surface area contributed by atoms with E-state index in [-0.39, 0.29) is 20.5 Å². The third-order valence-corrected chi connectivity index (χ3v) is 8.18. The van der Waals surface area contributed by atoms with Crippen molar-refractivity contribution in [1.29, 1.82) is 0 Å². The number of anilines is 2. The maximum Gasteiger partial charge on any atom is 0.307 e. The molecule has 3 aromatic carbocycles. The number of carbonyl (C=O) groups is 1. The molecule has 0 unspecified atom stereocenters. The number of aromatic nitrogens is 1. The van der Waals surface area contributed by atoms with Crippen LogP contribution in [0, 0.1) is 6.92 Å². The van der Waals surface area contributed by atoms with E-state index in [1.807, 2.05) is 6.92 Å². The van der Waals surface area contributed by atoms with Crippen molar-refractivity contribution in [2.75, 3.05) is 16.2 Å². The van der Waals surface area contributed by atoms with Crippen molar-refractivity contribution in [3.8, 4) is 0 Å². The Balaban J connectivity index is 1.66. The second-order valence-electron chi connectivity index (χ2n) is 7.43. The van der Waals surface area contributed by atoms with Crippen molar-refractivity contribution in [1.82, 2.24) is 4.57 Å². The minimum Gasteiger partial charge on any atom is -0.324 e. The molecule has 0 aliphatic carbocycles. The van der Waals surface area contributed by atoms with E-state index in [0.717, 1.165) is 31.4 Å². The number of fused-ring (bicyclic) bond motifs is 1. The van der Waals surface area contributed by atoms with Gasteiger partial charge in [-0.05, 0) is 49.4 Å². The lowest BCUT2D eigenvalue weighted by molar-refractivity contribution is -0.114. The minimum atomic E-state index is -4.07. The zero-order valence-corrected chi connectivity index (χ0v) is 20.2. The molecule has 0 spiro atoms. The molecule has 1 aromatic heterocycles. The standard InChI is InChI=1S/C23H20ClN3O4S2/c1-15-7-10-17(11-8-15)33(30,31)27(19-6-4-3-5-18(19)24)14-22(28)25-16-9-12-20-21(13-16)32-23(29)26(20)2/h3-13H,14H2,1-2H3,(H,25,28). The highest BCUT2D eigenvalue weighted by atomic mass is 35.5. The van der Waals surface area contributed by atoms with Crippen LogP contribution >= 0.6 is 22.9 Å². The van der Waals surface area contributed by atoms with Crippen LogP contribution in [0.5, 0.6) is 0 Å². The van der Waals surface area contributed by atoms with Crippen LogP contribution in [0.25, 0.3) is 10.2 Å². The van der Waals surface area contributed by atoms with Gasteiger partial charge in [0.25, 0.3) is 10.0 Å². The van der Waals surface area contributed by atoms with Gasteiger partial charge in [-0.1, -0.05) is 52.8 Å². The van der Waals surface area contributed by atoms with Crippen molar-refractivity contribution in [2.24, 2.45) is 7.05 Å². The van der Waals surface area contributed by atoms with Gasteiger partial charge in [0.1, 0.15) is 6.54 Å². The molecular formula is C23H20ClN3O4S2. The first-order valence-corrected chi connectivity index (χ1v) is 12.5. The summed E-state index contributed by atoms with van der Waals surface area (Å²) in [5.74, 6) is -0.548. The first kappa shape index (κ1) is 23.0. The molecule has 4 aromatic rings. The summed E-state index contributed by atoms with van der Waals surface area (Å²) >= 11 is 7.36. The number of carbonyl (C=O) groups excluding carboxylic acids is 1. The molecule has 0 saturated heterocycles. The number of para-hydroxylation sites is 1. The molecule has 1 heterocycles. The third kappa shape index (κ3) is 4.66. The molecule has 0 bridgehead atoms. The van der Waals surface area contributed by atoms with E-state index in [2.05, 4.69) is 5.32 Å². The van der Waals surface area contributed by atoms with Crippen LogP contribution < -0.4 is 14.5 Å². The maximum absolute atomic E-state index is 13.5. The monoisotopic (exact) mass is 501 g/mol. The molecule has 170 valence electrons. The Kier molecular flexibility index (Phi) is 6.29. The lowest BCUT2D eigenvalue weighted by Crippen LogP contribution is -2.38. The molecule has 10 heteroatoms.